The van der Waals surface area contributed by atoms with Gasteiger partial charge in [0.2, 0.25) is 0 Å². The van der Waals surface area contributed by atoms with Crippen LogP contribution in [0, 0.1) is 0 Å². The summed E-state index contributed by atoms with van der Waals surface area (Å²) in [6.45, 7) is 0. The highest BCUT2D eigenvalue weighted by atomic mass is 79.9. The molecule has 5 heteroatoms. The molecule has 1 aliphatic carbocycles. The van der Waals surface area contributed by atoms with Gasteiger partial charge in [-0.15, -0.1) is 0 Å². The SMILES string of the molecule is O=C1c2ccccc2-c2cc(Br)c(N3C(=O)c4ccccc4C3=O)cc21. The summed E-state index contributed by atoms with van der Waals surface area (Å²) in [7, 11) is 0. The number of benzene rings is 3. The van der Waals surface area contributed by atoms with Gasteiger partial charge in [0.15, 0.2) is 5.78 Å². The number of carbonyl (C=O) groups is 3. The molecule has 0 atom stereocenters. The summed E-state index contributed by atoms with van der Waals surface area (Å²) in [5.74, 6) is -0.857. The Morgan fingerprint density at radius 2 is 1.15 bits per heavy atom. The van der Waals surface area contributed by atoms with Crippen LogP contribution >= 0.6 is 15.9 Å². The zero-order valence-corrected chi connectivity index (χ0v) is 14.9. The average molecular weight is 404 g/mol. The molecule has 0 saturated carbocycles. The number of halogens is 1. The van der Waals surface area contributed by atoms with Crippen LogP contribution < -0.4 is 4.90 Å². The van der Waals surface area contributed by atoms with Crippen molar-refractivity contribution in [2.45, 2.75) is 0 Å². The molecule has 5 rings (SSSR count). The van der Waals surface area contributed by atoms with Gasteiger partial charge in [0.05, 0.1) is 16.8 Å². The van der Waals surface area contributed by atoms with Crippen molar-refractivity contribution in [3.8, 4) is 11.1 Å². The zero-order chi connectivity index (χ0) is 18.0. The first-order valence-corrected chi connectivity index (χ1v) is 8.82. The topological polar surface area (TPSA) is 54.5 Å². The molecule has 0 fully saturated rings. The fourth-order valence-electron chi connectivity index (χ4n) is 3.61. The van der Waals surface area contributed by atoms with Crippen LogP contribution in [0.15, 0.2) is 65.1 Å². The predicted octanol–water partition coefficient (Wildman–Crippen LogP) is 4.46. The van der Waals surface area contributed by atoms with E-state index in [0.717, 1.165) is 16.0 Å². The summed E-state index contributed by atoms with van der Waals surface area (Å²) in [5.41, 5.74) is 3.94. The molecule has 4 nitrogen and oxygen atoms in total. The minimum absolute atomic E-state index is 0.0963. The standard InChI is InChI=1S/C21H10BrNO3/c22-17-9-15-11-5-1-2-6-12(11)19(24)16(15)10-18(17)23-20(25)13-7-3-4-8-14(13)21(23)26/h1-10H. The third-order valence-electron chi connectivity index (χ3n) is 4.83. The molecule has 2 amide bonds. The lowest BCUT2D eigenvalue weighted by molar-refractivity contribution is 0.0924. The van der Waals surface area contributed by atoms with E-state index in [0.29, 0.717) is 32.4 Å². The third-order valence-corrected chi connectivity index (χ3v) is 5.46. The van der Waals surface area contributed by atoms with E-state index in [-0.39, 0.29) is 17.6 Å². The van der Waals surface area contributed by atoms with Crippen LogP contribution in [0.1, 0.15) is 36.6 Å². The number of ketones is 1. The quantitative estimate of drug-likeness (QED) is 0.440. The lowest BCUT2D eigenvalue weighted by atomic mass is 10.1. The average Bonchev–Trinajstić information content (AvgIpc) is 3.08. The molecule has 0 aromatic heterocycles. The zero-order valence-electron chi connectivity index (χ0n) is 13.3. The van der Waals surface area contributed by atoms with Gasteiger partial charge < -0.3 is 0 Å². The number of imide groups is 1. The second-order valence-corrected chi connectivity index (χ2v) is 7.07. The van der Waals surface area contributed by atoms with E-state index >= 15 is 0 Å². The van der Waals surface area contributed by atoms with Crippen molar-refractivity contribution < 1.29 is 14.4 Å². The summed E-state index contributed by atoms with van der Waals surface area (Å²) in [6.07, 6.45) is 0. The fourth-order valence-corrected chi connectivity index (χ4v) is 4.13. The number of anilines is 1. The molecule has 0 saturated heterocycles. The molecule has 124 valence electrons. The molecule has 0 radical (unpaired) electrons. The summed E-state index contributed by atoms with van der Waals surface area (Å²) in [4.78, 5) is 39.4. The van der Waals surface area contributed by atoms with E-state index in [9.17, 15) is 14.4 Å². The monoisotopic (exact) mass is 403 g/mol. The number of hydrogen-bond donors (Lipinski definition) is 0. The highest BCUT2D eigenvalue weighted by Crippen LogP contribution is 2.43. The highest BCUT2D eigenvalue weighted by molar-refractivity contribution is 9.10. The van der Waals surface area contributed by atoms with Crippen molar-refractivity contribution in [3.05, 3.63) is 87.4 Å². The van der Waals surface area contributed by atoms with E-state index in [1.165, 1.54) is 0 Å². The molecule has 26 heavy (non-hydrogen) atoms. The molecule has 1 heterocycles. The number of amides is 2. The predicted molar refractivity (Wildman–Crippen MR) is 101 cm³/mol. The maximum atomic E-state index is 12.8. The number of fused-ring (bicyclic) bond motifs is 4. The number of rotatable bonds is 1. The lowest BCUT2D eigenvalue weighted by Crippen LogP contribution is -2.29. The Morgan fingerprint density at radius 3 is 1.77 bits per heavy atom. The van der Waals surface area contributed by atoms with Crippen LogP contribution in [0.25, 0.3) is 11.1 Å². The summed E-state index contributed by atoms with van der Waals surface area (Å²) >= 11 is 3.47. The normalized spacial score (nSPS) is 14.5. The van der Waals surface area contributed by atoms with E-state index in [1.54, 1.807) is 42.5 Å². The largest absolute Gasteiger partial charge is 0.289 e. The molecule has 2 aliphatic rings. The minimum atomic E-state index is -0.380. The summed E-state index contributed by atoms with van der Waals surface area (Å²) in [6, 6.07) is 17.5. The van der Waals surface area contributed by atoms with Crippen molar-refractivity contribution in [3.63, 3.8) is 0 Å². The second-order valence-electron chi connectivity index (χ2n) is 6.22. The first-order chi connectivity index (χ1) is 12.6. The van der Waals surface area contributed by atoms with E-state index in [1.807, 2.05) is 18.2 Å². The van der Waals surface area contributed by atoms with Gasteiger partial charge in [0, 0.05) is 15.6 Å². The van der Waals surface area contributed by atoms with Crippen LogP contribution in [0.5, 0.6) is 0 Å². The van der Waals surface area contributed by atoms with Gasteiger partial charge in [-0.2, -0.15) is 0 Å². The smallest absolute Gasteiger partial charge is 0.266 e. The second kappa shape index (κ2) is 5.22. The summed E-state index contributed by atoms with van der Waals surface area (Å²) in [5, 5.41) is 0. The van der Waals surface area contributed by atoms with Crippen LogP contribution in [-0.4, -0.2) is 17.6 Å². The Bertz CT molecular complexity index is 1130. The maximum Gasteiger partial charge on any atom is 0.266 e. The van der Waals surface area contributed by atoms with Crippen molar-refractivity contribution in [1.82, 2.24) is 0 Å². The Hall–Kier alpha value is -3.05. The molecule has 1 aliphatic heterocycles. The number of hydrogen-bond acceptors (Lipinski definition) is 3. The van der Waals surface area contributed by atoms with Gasteiger partial charge in [0.25, 0.3) is 11.8 Å². The molecule has 0 unspecified atom stereocenters. The van der Waals surface area contributed by atoms with Crippen molar-refractivity contribution in [2.75, 3.05) is 4.90 Å². The van der Waals surface area contributed by atoms with Crippen molar-refractivity contribution >= 4 is 39.2 Å². The minimum Gasteiger partial charge on any atom is -0.289 e. The molecular formula is C21H10BrNO3. The van der Waals surface area contributed by atoms with Gasteiger partial charge in [-0.25, -0.2) is 4.90 Å². The molecule has 0 spiro atoms. The Kier molecular flexibility index (Phi) is 3.06. The molecule has 3 aromatic carbocycles. The first-order valence-electron chi connectivity index (χ1n) is 8.03. The Balaban J connectivity index is 1.69. The van der Waals surface area contributed by atoms with Gasteiger partial charge >= 0.3 is 0 Å². The number of carbonyl (C=O) groups excluding carboxylic acids is 3. The molecule has 0 bridgehead atoms. The molecular weight excluding hydrogens is 394 g/mol. The van der Waals surface area contributed by atoms with Gasteiger partial charge in [-0.3, -0.25) is 14.4 Å². The third kappa shape index (κ3) is 1.86. The molecule has 3 aromatic rings. The van der Waals surface area contributed by atoms with Crippen LogP contribution in [-0.2, 0) is 0 Å². The van der Waals surface area contributed by atoms with E-state index in [4.69, 9.17) is 0 Å². The maximum absolute atomic E-state index is 12.8. The first kappa shape index (κ1) is 15.2. The van der Waals surface area contributed by atoms with Gasteiger partial charge in [0.1, 0.15) is 0 Å². The van der Waals surface area contributed by atoms with Crippen LogP contribution in [0.3, 0.4) is 0 Å². The highest BCUT2D eigenvalue weighted by Gasteiger charge is 2.38. The fraction of sp³-hybridized carbons (Fsp3) is 0. The number of nitrogens with zero attached hydrogens (tertiary/aromatic N) is 1. The lowest BCUT2D eigenvalue weighted by Gasteiger charge is -2.17. The van der Waals surface area contributed by atoms with E-state index < -0.39 is 0 Å². The Morgan fingerprint density at radius 1 is 0.615 bits per heavy atom. The summed E-state index contributed by atoms with van der Waals surface area (Å²) < 4.78 is 0.593. The van der Waals surface area contributed by atoms with E-state index in [2.05, 4.69) is 15.9 Å². The molecule has 0 N–H and O–H groups in total. The van der Waals surface area contributed by atoms with Crippen LogP contribution in [0.2, 0.25) is 0 Å². The van der Waals surface area contributed by atoms with Gasteiger partial charge in [-0.05, 0) is 51.3 Å². The van der Waals surface area contributed by atoms with Crippen molar-refractivity contribution in [1.29, 1.82) is 0 Å². The van der Waals surface area contributed by atoms with Crippen LogP contribution in [0.4, 0.5) is 5.69 Å². The van der Waals surface area contributed by atoms with Crippen molar-refractivity contribution in [2.24, 2.45) is 0 Å². The Labute approximate surface area is 157 Å². The van der Waals surface area contributed by atoms with Gasteiger partial charge in [-0.1, -0.05) is 36.4 Å².